The molecule has 2 unspecified atom stereocenters. The Morgan fingerprint density at radius 2 is 2.24 bits per heavy atom. The molecule has 1 N–H and O–H groups in total. The van der Waals surface area contributed by atoms with Gasteiger partial charge in [0.15, 0.2) is 0 Å². The zero-order valence-electron chi connectivity index (χ0n) is 13.0. The van der Waals surface area contributed by atoms with Crippen LogP contribution in [0.2, 0.25) is 0 Å². The number of nitrogens with one attached hydrogen (secondary N) is 1. The van der Waals surface area contributed by atoms with Crippen LogP contribution in [0.1, 0.15) is 26.7 Å². The first-order chi connectivity index (χ1) is 10.3. The number of rotatable bonds is 4. The summed E-state index contributed by atoms with van der Waals surface area (Å²) < 4.78 is 0. The van der Waals surface area contributed by atoms with E-state index >= 15 is 0 Å². The van der Waals surface area contributed by atoms with E-state index in [1.165, 1.54) is 43.5 Å². The lowest BCUT2D eigenvalue weighted by Crippen LogP contribution is -2.41. The van der Waals surface area contributed by atoms with Crippen LogP contribution in [0.5, 0.6) is 0 Å². The average Bonchev–Trinajstić information content (AvgIpc) is 2.55. The van der Waals surface area contributed by atoms with Crippen molar-refractivity contribution >= 4 is 16.6 Å². The third-order valence-corrected chi connectivity index (χ3v) is 4.73. The molecular formula is C18H25N3. The van der Waals surface area contributed by atoms with Gasteiger partial charge in [-0.3, -0.25) is 4.98 Å². The maximum Gasteiger partial charge on any atom is 0.0722 e. The SMILES string of the molecule is CCN1CCCC(C(C)Nc2cccc3ncccc23)C1. The van der Waals surface area contributed by atoms with Crippen LogP contribution in [0.25, 0.3) is 10.9 Å². The summed E-state index contributed by atoms with van der Waals surface area (Å²) in [5.74, 6) is 0.727. The van der Waals surface area contributed by atoms with Crippen molar-refractivity contribution in [2.75, 3.05) is 25.0 Å². The largest absolute Gasteiger partial charge is 0.382 e. The van der Waals surface area contributed by atoms with E-state index in [4.69, 9.17) is 0 Å². The van der Waals surface area contributed by atoms with Gasteiger partial charge < -0.3 is 10.2 Å². The van der Waals surface area contributed by atoms with Crippen molar-refractivity contribution < 1.29 is 0 Å². The van der Waals surface area contributed by atoms with E-state index in [1.54, 1.807) is 0 Å². The van der Waals surface area contributed by atoms with E-state index in [0.717, 1.165) is 11.4 Å². The van der Waals surface area contributed by atoms with Crippen LogP contribution in [0.15, 0.2) is 36.5 Å². The minimum atomic E-state index is 0.491. The third-order valence-electron chi connectivity index (χ3n) is 4.73. The molecule has 1 aromatic carbocycles. The van der Waals surface area contributed by atoms with Crippen molar-refractivity contribution in [3.8, 4) is 0 Å². The number of likely N-dealkylation sites (tertiary alicyclic amines) is 1. The highest BCUT2D eigenvalue weighted by atomic mass is 15.1. The minimum Gasteiger partial charge on any atom is -0.382 e. The molecule has 3 nitrogen and oxygen atoms in total. The summed E-state index contributed by atoms with van der Waals surface area (Å²) in [4.78, 5) is 7.01. The second-order valence-electron chi connectivity index (χ2n) is 6.10. The average molecular weight is 283 g/mol. The Morgan fingerprint density at radius 3 is 3.10 bits per heavy atom. The molecule has 0 saturated carbocycles. The standard InChI is InChI=1S/C18H25N3/c1-3-21-12-6-7-15(13-21)14(2)20-18-10-4-9-17-16(18)8-5-11-19-17/h4-5,8-11,14-15,20H,3,6-7,12-13H2,1-2H3. The van der Waals surface area contributed by atoms with Crippen LogP contribution in [0.3, 0.4) is 0 Å². The summed E-state index contributed by atoms with van der Waals surface area (Å²) in [6.07, 6.45) is 4.51. The molecule has 0 spiro atoms. The molecule has 3 rings (SSSR count). The molecule has 1 saturated heterocycles. The molecule has 0 amide bonds. The van der Waals surface area contributed by atoms with Gasteiger partial charge in [-0.15, -0.1) is 0 Å². The van der Waals surface area contributed by atoms with Gasteiger partial charge in [0, 0.05) is 29.9 Å². The number of hydrogen-bond acceptors (Lipinski definition) is 3. The van der Waals surface area contributed by atoms with Crippen LogP contribution in [-0.2, 0) is 0 Å². The lowest BCUT2D eigenvalue weighted by atomic mass is 9.91. The second kappa shape index (κ2) is 6.44. The topological polar surface area (TPSA) is 28.2 Å². The zero-order valence-corrected chi connectivity index (χ0v) is 13.0. The molecule has 0 bridgehead atoms. The summed E-state index contributed by atoms with van der Waals surface area (Å²) in [5, 5.41) is 4.95. The van der Waals surface area contributed by atoms with Crippen LogP contribution >= 0.6 is 0 Å². The zero-order chi connectivity index (χ0) is 14.7. The van der Waals surface area contributed by atoms with Crippen molar-refractivity contribution in [2.45, 2.75) is 32.7 Å². The highest BCUT2D eigenvalue weighted by molar-refractivity contribution is 5.91. The van der Waals surface area contributed by atoms with Crippen molar-refractivity contribution in [1.82, 2.24) is 9.88 Å². The van der Waals surface area contributed by atoms with Crippen LogP contribution < -0.4 is 5.32 Å². The maximum absolute atomic E-state index is 4.44. The van der Waals surface area contributed by atoms with E-state index in [1.807, 2.05) is 12.3 Å². The number of benzene rings is 1. The monoisotopic (exact) mass is 283 g/mol. The van der Waals surface area contributed by atoms with E-state index in [0.29, 0.717) is 6.04 Å². The molecule has 112 valence electrons. The first kappa shape index (κ1) is 14.3. The van der Waals surface area contributed by atoms with Gasteiger partial charge in [-0.25, -0.2) is 0 Å². The molecule has 1 aliphatic rings. The Morgan fingerprint density at radius 1 is 1.33 bits per heavy atom. The number of nitrogens with zero attached hydrogens (tertiary/aromatic N) is 2. The number of hydrogen-bond donors (Lipinski definition) is 1. The fraction of sp³-hybridized carbons (Fsp3) is 0.500. The lowest BCUT2D eigenvalue weighted by molar-refractivity contribution is 0.172. The van der Waals surface area contributed by atoms with Crippen LogP contribution in [-0.4, -0.2) is 35.6 Å². The summed E-state index contributed by atoms with van der Waals surface area (Å²) >= 11 is 0. The van der Waals surface area contributed by atoms with Gasteiger partial charge in [0.2, 0.25) is 0 Å². The first-order valence-corrected chi connectivity index (χ1v) is 8.10. The molecule has 0 aliphatic carbocycles. The van der Waals surface area contributed by atoms with Crippen molar-refractivity contribution in [2.24, 2.45) is 5.92 Å². The Balaban J connectivity index is 1.75. The van der Waals surface area contributed by atoms with Gasteiger partial charge in [-0.05, 0) is 63.0 Å². The van der Waals surface area contributed by atoms with Crippen molar-refractivity contribution in [1.29, 1.82) is 0 Å². The predicted molar refractivity (Wildman–Crippen MR) is 89.7 cm³/mol. The summed E-state index contributed by atoms with van der Waals surface area (Å²) in [6, 6.07) is 11.0. The summed E-state index contributed by atoms with van der Waals surface area (Å²) in [6.45, 7) is 8.23. The van der Waals surface area contributed by atoms with Crippen LogP contribution in [0, 0.1) is 5.92 Å². The van der Waals surface area contributed by atoms with Gasteiger partial charge >= 0.3 is 0 Å². The second-order valence-corrected chi connectivity index (χ2v) is 6.10. The van der Waals surface area contributed by atoms with Gasteiger partial charge in [-0.2, -0.15) is 0 Å². The fourth-order valence-electron chi connectivity index (χ4n) is 3.38. The number of pyridine rings is 1. The molecule has 2 atom stereocenters. The predicted octanol–water partition coefficient (Wildman–Crippen LogP) is 3.77. The van der Waals surface area contributed by atoms with Gasteiger partial charge in [-0.1, -0.05) is 13.0 Å². The smallest absolute Gasteiger partial charge is 0.0722 e. The van der Waals surface area contributed by atoms with Gasteiger partial charge in [0.1, 0.15) is 0 Å². The summed E-state index contributed by atoms with van der Waals surface area (Å²) in [5.41, 5.74) is 2.27. The lowest BCUT2D eigenvalue weighted by Gasteiger charge is -2.36. The van der Waals surface area contributed by atoms with E-state index in [2.05, 4.69) is 53.3 Å². The number of aromatic nitrogens is 1. The Hall–Kier alpha value is -1.61. The van der Waals surface area contributed by atoms with E-state index in [9.17, 15) is 0 Å². The first-order valence-electron chi connectivity index (χ1n) is 8.10. The normalized spacial score (nSPS) is 21.3. The van der Waals surface area contributed by atoms with Gasteiger partial charge in [0.05, 0.1) is 5.52 Å². The van der Waals surface area contributed by atoms with Crippen molar-refractivity contribution in [3.63, 3.8) is 0 Å². The molecule has 1 aromatic heterocycles. The van der Waals surface area contributed by atoms with Gasteiger partial charge in [0.25, 0.3) is 0 Å². The maximum atomic E-state index is 4.44. The van der Waals surface area contributed by atoms with E-state index < -0.39 is 0 Å². The minimum absolute atomic E-state index is 0.491. The Bertz CT molecular complexity index is 591. The quantitative estimate of drug-likeness (QED) is 0.926. The fourth-order valence-corrected chi connectivity index (χ4v) is 3.38. The molecule has 2 aromatic rings. The Kier molecular flexibility index (Phi) is 4.39. The molecule has 1 fully saturated rings. The summed E-state index contributed by atoms with van der Waals surface area (Å²) in [7, 11) is 0. The molecular weight excluding hydrogens is 258 g/mol. The van der Waals surface area contributed by atoms with E-state index in [-0.39, 0.29) is 0 Å². The van der Waals surface area contributed by atoms with Crippen molar-refractivity contribution in [3.05, 3.63) is 36.5 Å². The molecule has 1 aliphatic heterocycles. The Labute approximate surface area is 127 Å². The van der Waals surface area contributed by atoms with Crippen LogP contribution in [0.4, 0.5) is 5.69 Å². The molecule has 21 heavy (non-hydrogen) atoms. The highest BCUT2D eigenvalue weighted by Gasteiger charge is 2.24. The highest BCUT2D eigenvalue weighted by Crippen LogP contribution is 2.26. The number of piperidine rings is 1. The number of anilines is 1. The molecule has 0 radical (unpaired) electrons. The molecule has 3 heteroatoms. The number of fused-ring (bicyclic) bond motifs is 1. The third kappa shape index (κ3) is 3.18. The molecule has 2 heterocycles.